The molecule has 0 aromatic heterocycles. The second kappa shape index (κ2) is 5.99. The molecule has 110 valence electrons. The van der Waals surface area contributed by atoms with Crippen molar-refractivity contribution < 1.29 is 0 Å². The fraction of sp³-hybridized carbons (Fsp3) is 0.611. The first-order valence-corrected chi connectivity index (χ1v) is 7.70. The third kappa shape index (κ3) is 3.84. The third-order valence-corrected chi connectivity index (χ3v) is 4.13. The van der Waals surface area contributed by atoms with E-state index >= 15 is 0 Å². The van der Waals surface area contributed by atoms with Gasteiger partial charge in [0.25, 0.3) is 0 Å². The van der Waals surface area contributed by atoms with Gasteiger partial charge in [0.05, 0.1) is 0 Å². The number of nitrogens with zero attached hydrogens (tertiary/aromatic N) is 2. The average molecular weight is 272 g/mol. The summed E-state index contributed by atoms with van der Waals surface area (Å²) in [4.78, 5) is 0. The van der Waals surface area contributed by atoms with Crippen molar-refractivity contribution in [3.05, 3.63) is 35.4 Å². The molecule has 1 saturated carbocycles. The summed E-state index contributed by atoms with van der Waals surface area (Å²) in [7, 11) is 4.01. The summed E-state index contributed by atoms with van der Waals surface area (Å²) < 4.78 is 0. The first-order valence-electron chi connectivity index (χ1n) is 7.70. The molecule has 2 heteroatoms. The van der Waals surface area contributed by atoms with Crippen LogP contribution >= 0.6 is 0 Å². The van der Waals surface area contributed by atoms with Crippen LogP contribution in [0.25, 0.3) is 0 Å². The summed E-state index contributed by atoms with van der Waals surface area (Å²) in [5, 5.41) is 6.50. The van der Waals surface area contributed by atoms with Gasteiger partial charge in [0, 0.05) is 19.8 Å². The highest BCUT2D eigenvalue weighted by Crippen LogP contribution is 2.34. The smallest absolute Gasteiger partial charge is 0.0381 e. The van der Waals surface area contributed by atoms with E-state index in [0.717, 1.165) is 12.8 Å². The van der Waals surface area contributed by atoms with Gasteiger partial charge in [-0.25, -0.2) is 0 Å². The van der Waals surface area contributed by atoms with Crippen LogP contribution in [0.4, 0.5) is 0 Å². The van der Waals surface area contributed by atoms with Crippen LogP contribution in [0.1, 0.15) is 63.5 Å². The van der Waals surface area contributed by atoms with E-state index in [2.05, 4.69) is 50.1 Å². The number of hydrogen-bond donors (Lipinski definition) is 0. The molecule has 2 nitrogen and oxygen atoms in total. The highest BCUT2D eigenvalue weighted by molar-refractivity contribution is 5.85. The SMILES string of the molecule is CN(C)N=C1CCC(c2cccc(C(C)(C)C)c2)CC1. The molecule has 0 unspecified atom stereocenters. The van der Waals surface area contributed by atoms with E-state index in [1.165, 1.54) is 29.7 Å². The van der Waals surface area contributed by atoms with E-state index in [0.29, 0.717) is 5.92 Å². The molecule has 20 heavy (non-hydrogen) atoms. The normalized spacial score (nSPS) is 19.9. The standard InChI is InChI=1S/C18H28N2/c1-18(2,3)16-8-6-7-15(13-16)14-9-11-17(12-10-14)19-20(4)5/h6-8,13-14H,9-12H2,1-5H3. The summed E-state index contributed by atoms with van der Waals surface area (Å²) in [5.41, 5.74) is 4.56. The van der Waals surface area contributed by atoms with E-state index in [9.17, 15) is 0 Å². The van der Waals surface area contributed by atoms with Gasteiger partial charge in [-0.15, -0.1) is 0 Å². The topological polar surface area (TPSA) is 15.6 Å². The Kier molecular flexibility index (Phi) is 4.52. The minimum Gasteiger partial charge on any atom is -0.303 e. The van der Waals surface area contributed by atoms with Crippen LogP contribution in [-0.2, 0) is 5.41 Å². The van der Waals surface area contributed by atoms with Gasteiger partial charge in [-0.3, -0.25) is 0 Å². The zero-order valence-electron chi connectivity index (χ0n) is 13.6. The Bertz CT molecular complexity index is 470. The van der Waals surface area contributed by atoms with E-state index in [-0.39, 0.29) is 5.41 Å². The van der Waals surface area contributed by atoms with Crippen molar-refractivity contribution in [2.24, 2.45) is 5.10 Å². The minimum absolute atomic E-state index is 0.238. The molecule has 0 radical (unpaired) electrons. The number of hydrazone groups is 1. The molecule has 1 aromatic rings. The second-order valence-electron chi connectivity index (χ2n) is 7.16. The molecular weight excluding hydrogens is 244 g/mol. The molecule has 2 rings (SSSR count). The Hall–Kier alpha value is -1.31. The summed E-state index contributed by atoms with van der Waals surface area (Å²) in [6, 6.07) is 9.19. The summed E-state index contributed by atoms with van der Waals surface area (Å²) in [5.74, 6) is 0.707. The lowest BCUT2D eigenvalue weighted by Crippen LogP contribution is -2.17. The highest BCUT2D eigenvalue weighted by atomic mass is 15.4. The zero-order valence-corrected chi connectivity index (χ0v) is 13.6. The fourth-order valence-corrected chi connectivity index (χ4v) is 2.93. The van der Waals surface area contributed by atoms with Gasteiger partial charge in [-0.2, -0.15) is 5.10 Å². The maximum absolute atomic E-state index is 4.57. The van der Waals surface area contributed by atoms with Crippen LogP contribution in [0.2, 0.25) is 0 Å². The van der Waals surface area contributed by atoms with E-state index < -0.39 is 0 Å². The molecule has 0 atom stereocenters. The van der Waals surface area contributed by atoms with E-state index in [4.69, 9.17) is 0 Å². The average Bonchev–Trinajstić information content (AvgIpc) is 2.38. The Labute approximate surface area is 123 Å². The van der Waals surface area contributed by atoms with Crippen molar-refractivity contribution in [2.45, 2.75) is 57.8 Å². The first-order chi connectivity index (χ1) is 9.36. The van der Waals surface area contributed by atoms with Crippen molar-refractivity contribution in [3.8, 4) is 0 Å². The van der Waals surface area contributed by atoms with Crippen LogP contribution in [-0.4, -0.2) is 24.8 Å². The lowest BCUT2D eigenvalue weighted by atomic mass is 9.80. The zero-order chi connectivity index (χ0) is 14.8. The molecular formula is C18H28N2. The summed E-state index contributed by atoms with van der Waals surface area (Å²) in [6.07, 6.45) is 4.76. The maximum Gasteiger partial charge on any atom is 0.0381 e. The molecule has 1 aliphatic rings. The molecule has 0 saturated heterocycles. The fourth-order valence-electron chi connectivity index (χ4n) is 2.93. The Morgan fingerprint density at radius 3 is 2.30 bits per heavy atom. The van der Waals surface area contributed by atoms with Gasteiger partial charge in [0.15, 0.2) is 0 Å². The van der Waals surface area contributed by atoms with Crippen molar-refractivity contribution in [1.29, 1.82) is 0 Å². The predicted molar refractivity (Wildman–Crippen MR) is 87.5 cm³/mol. The third-order valence-electron chi connectivity index (χ3n) is 4.13. The summed E-state index contributed by atoms with van der Waals surface area (Å²) in [6.45, 7) is 6.86. The largest absolute Gasteiger partial charge is 0.303 e. The quantitative estimate of drug-likeness (QED) is 0.721. The Morgan fingerprint density at radius 1 is 1.10 bits per heavy atom. The first kappa shape index (κ1) is 15.1. The van der Waals surface area contributed by atoms with Crippen molar-refractivity contribution in [3.63, 3.8) is 0 Å². The molecule has 0 spiro atoms. The van der Waals surface area contributed by atoms with Crippen LogP contribution in [0.15, 0.2) is 29.4 Å². The Morgan fingerprint density at radius 2 is 1.75 bits per heavy atom. The lowest BCUT2D eigenvalue weighted by Gasteiger charge is -2.26. The predicted octanol–water partition coefficient (Wildman–Crippen LogP) is 4.56. The van der Waals surface area contributed by atoms with E-state index in [1.54, 1.807) is 0 Å². The van der Waals surface area contributed by atoms with Crippen LogP contribution in [0.3, 0.4) is 0 Å². The van der Waals surface area contributed by atoms with Gasteiger partial charge < -0.3 is 5.01 Å². The van der Waals surface area contributed by atoms with E-state index in [1.807, 2.05) is 19.1 Å². The molecule has 1 aliphatic carbocycles. The number of rotatable bonds is 2. The van der Waals surface area contributed by atoms with Gasteiger partial charge in [0.1, 0.15) is 0 Å². The van der Waals surface area contributed by atoms with Gasteiger partial charge >= 0.3 is 0 Å². The minimum atomic E-state index is 0.238. The lowest BCUT2D eigenvalue weighted by molar-refractivity contribution is 0.428. The molecule has 0 aliphatic heterocycles. The van der Waals surface area contributed by atoms with Crippen molar-refractivity contribution >= 4 is 5.71 Å². The van der Waals surface area contributed by atoms with Gasteiger partial charge in [-0.1, -0.05) is 45.0 Å². The van der Waals surface area contributed by atoms with Crippen molar-refractivity contribution in [2.75, 3.05) is 14.1 Å². The van der Waals surface area contributed by atoms with Gasteiger partial charge in [0.2, 0.25) is 0 Å². The van der Waals surface area contributed by atoms with Gasteiger partial charge in [-0.05, 0) is 48.1 Å². The monoisotopic (exact) mass is 272 g/mol. The molecule has 0 N–H and O–H groups in total. The van der Waals surface area contributed by atoms with Crippen LogP contribution in [0.5, 0.6) is 0 Å². The summed E-state index contributed by atoms with van der Waals surface area (Å²) >= 11 is 0. The molecule has 0 heterocycles. The highest BCUT2D eigenvalue weighted by Gasteiger charge is 2.21. The number of benzene rings is 1. The second-order valence-corrected chi connectivity index (χ2v) is 7.16. The van der Waals surface area contributed by atoms with Crippen molar-refractivity contribution in [1.82, 2.24) is 5.01 Å². The maximum atomic E-state index is 4.57. The molecule has 0 bridgehead atoms. The van der Waals surface area contributed by atoms with Crippen LogP contribution in [0, 0.1) is 0 Å². The van der Waals surface area contributed by atoms with Crippen LogP contribution < -0.4 is 0 Å². The Balaban J connectivity index is 2.08. The number of hydrogen-bond acceptors (Lipinski definition) is 2. The molecule has 1 fully saturated rings. The molecule has 0 amide bonds. The molecule has 1 aromatic carbocycles.